The molecule has 5 rings (SSSR count). The Morgan fingerprint density at radius 2 is 0.917 bits per heavy atom. The molecule has 0 fully saturated rings. The van der Waals surface area contributed by atoms with Crippen molar-refractivity contribution >= 4 is 11.9 Å². The minimum absolute atomic E-state index is 0.292. The number of carbonyl (C=O) groups is 2. The highest BCUT2D eigenvalue weighted by molar-refractivity contribution is 5.84. The number of unbranched alkanes of at least 4 members (excludes halogenated alkanes) is 4. The van der Waals surface area contributed by atoms with Crippen molar-refractivity contribution in [3.8, 4) is 44.9 Å². The largest absolute Gasteiger partial charge is 0.494 e. The van der Waals surface area contributed by atoms with Gasteiger partial charge in [0, 0.05) is 18.1 Å². The number of hydrogen-bond acceptors (Lipinski definition) is 6. The van der Waals surface area contributed by atoms with Crippen LogP contribution >= 0.6 is 0 Å². The maximum atomic E-state index is 11.1. The normalized spacial score (nSPS) is 11.7. The Hall–Kier alpha value is -5.10. The Morgan fingerprint density at radius 1 is 0.542 bits per heavy atom. The van der Waals surface area contributed by atoms with Crippen LogP contribution < -0.4 is 9.47 Å². The maximum absolute atomic E-state index is 11.1. The van der Waals surface area contributed by atoms with E-state index in [1.54, 1.807) is 0 Å². The van der Waals surface area contributed by atoms with E-state index in [1.807, 2.05) is 24.3 Å². The first-order valence-electron chi connectivity index (χ1n) is 16.8. The quantitative estimate of drug-likeness (QED) is 0.0610. The summed E-state index contributed by atoms with van der Waals surface area (Å²) in [6.45, 7) is 11.2. The fourth-order valence-electron chi connectivity index (χ4n) is 5.95. The fourth-order valence-corrected chi connectivity index (χ4v) is 5.95. The molecule has 4 aromatic rings. The van der Waals surface area contributed by atoms with E-state index in [-0.39, 0.29) is 11.9 Å². The SMILES string of the molecule is C=CC(=O)OCCCCCOc1ccc(-c2ccc3c(c2)C(C)c2cc(-c4ccc(OCCCCCOC(=O)C=C)cc4)ccc2-3)cc1. The number of rotatable bonds is 18. The molecule has 0 bridgehead atoms. The predicted octanol–water partition coefficient (Wildman–Crippen LogP) is 9.71. The van der Waals surface area contributed by atoms with E-state index in [2.05, 4.69) is 80.7 Å². The second-order valence-corrected chi connectivity index (χ2v) is 11.9. The highest BCUT2D eigenvalue weighted by atomic mass is 16.5. The average Bonchev–Trinajstić information content (AvgIpc) is 3.41. The average molecular weight is 645 g/mol. The molecule has 0 aliphatic heterocycles. The van der Waals surface area contributed by atoms with Crippen molar-refractivity contribution in [1.29, 1.82) is 0 Å². The summed E-state index contributed by atoms with van der Waals surface area (Å²) >= 11 is 0. The van der Waals surface area contributed by atoms with Crippen molar-refractivity contribution in [2.75, 3.05) is 26.4 Å². The summed E-state index contributed by atoms with van der Waals surface area (Å²) in [4.78, 5) is 22.2. The number of esters is 2. The molecule has 48 heavy (non-hydrogen) atoms. The van der Waals surface area contributed by atoms with Crippen molar-refractivity contribution in [3.05, 3.63) is 121 Å². The van der Waals surface area contributed by atoms with Crippen molar-refractivity contribution in [3.63, 3.8) is 0 Å². The fraction of sp³-hybridized carbons (Fsp3) is 0.286. The predicted molar refractivity (Wildman–Crippen MR) is 191 cm³/mol. The van der Waals surface area contributed by atoms with E-state index in [0.29, 0.717) is 32.3 Å². The summed E-state index contributed by atoms with van der Waals surface area (Å²) < 4.78 is 21.9. The van der Waals surface area contributed by atoms with Gasteiger partial charge in [0.15, 0.2) is 0 Å². The first kappa shape index (κ1) is 34.2. The third kappa shape index (κ3) is 9.03. The Bertz CT molecular complexity index is 1580. The van der Waals surface area contributed by atoms with Crippen molar-refractivity contribution in [1.82, 2.24) is 0 Å². The lowest BCUT2D eigenvalue weighted by atomic mass is 9.94. The van der Waals surface area contributed by atoms with Gasteiger partial charge in [0.2, 0.25) is 0 Å². The van der Waals surface area contributed by atoms with E-state index < -0.39 is 0 Å². The van der Waals surface area contributed by atoms with Gasteiger partial charge in [-0.2, -0.15) is 0 Å². The number of ether oxygens (including phenoxy) is 4. The highest BCUT2D eigenvalue weighted by Crippen LogP contribution is 2.47. The molecule has 248 valence electrons. The standard InChI is InChI=1S/C42H44O6/c1-4-41(43)47-26-10-6-8-24-45-35-18-12-31(13-19-35)33-16-22-37-38-23-17-34(29-40(38)30(3)39(37)28-33)32-14-20-36(21-15-32)46-25-9-7-11-27-48-42(44)5-2/h4-5,12-23,28-30H,1-2,6-11,24-27H2,3H3. The molecule has 0 unspecified atom stereocenters. The zero-order valence-electron chi connectivity index (χ0n) is 27.7. The second kappa shape index (κ2) is 17.2. The van der Waals surface area contributed by atoms with E-state index in [1.165, 1.54) is 45.5 Å². The van der Waals surface area contributed by atoms with Crippen molar-refractivity contribution in [2.45, 2.75) is 51.4 Å². The van der Waals surface area contributed by atoms with Crippen LogP contribution in [0.2, 0.25) is 0 Å². The van der Waals surface area contributed by atoms with Gasteiger partial charge in [0.1, 0.15) is 11.5 Å². The van der Waals surface area contributed by atoms with Gasteiger partial charge in [0.25, 0.3) is 0 Å². The van der Waals surface area contributed by atoms with Gasteiger partial charge >= 0.3 is 11.9 Å². The van der Waals surface area contributed by atoms with Crippen molar-refractivity contribution in [2.24, 2.45) is 0 Å². The molecule has 0 atom stereocenters. The van der Waals surface area contributed by atoms with Gasteiger partial charge in [-0.25, -0.2) is 9.59 Å². The summed E-state index contributed by atoms with van der Waals surface area (Å²) in [5.74, 6) is 1.25. The number of benzene rings is 4. The Morgan fingerprint density at radius 3 is 1.31 bits per heavy atom. The highest BCUT2D eigenvalue weighted by Gasteiger charge is 2.26. The molecule has 0 heterocycles. The minimum atomic E-state index is -0.375. The first-order valence-corrected chi connectivity index (χ1v) is 16.8. The maximum Gasteiger partial charge on any atom is 0.330 e. The van der Waals surface area contributed by atoms with Gasteiger partial charge in [-0.15, -0.1) is 0 Å². The molecule has 0 saturated carbocycles. The van der Waals surface area contributed by atoms with Crippen LogP contribution in [-0.2, 0) is 19.1 Å². The zero-order chi connectivity index (χ0) is 33.7. The Balaban J connectivity index is 1.12. The molecule has 4 aromatic carbocycles. The van der Waals surface area contributed by atoms with Crippen LogP contribution in [0.1, 0.15) is 62.5 Å². The van der Waals surface area contributed by atoms with Crippen LogP contribution in [0.5, 0.6) is 11.5 Å². The molecule has 6 nitrogen and oxygen atoms in total. The molecule has 0 aromatic heterocycles. The van der Waals surface area contributed by atoms with Gasteiger partial charge in [0.05, 0.1) is 26.4 Å². The van der Waals surface area contributed by atoms with Crippen LogP contribution in [0, 0.1) is 0 Å². The summed E-state index contributed by atoms with van der Waals surface area (Å²) in [5.41, 5.74) is 10.0. The van der Waals surface area contributed by atoms with E-state index in [4.69, 9.17) is 18.9 Å². The third-order valence-corrected chi connectivity index (χ3v) is 8.64. The van der Waals surface area contributed by atoms with E-state index in [0.717, 1.165) is 61.2 Å². The van der Waals surface area contributed by atoms with Crippen LogP contribution in [0.15, 0.2) is 110 Å². The van der Waals surface area contributed by atoms with Crippen molar-refractivity contribution < 1.29 is 28.5 Å². The molecule has 0 N–H and O–H groups in total. The number of hydrogen-bond donors (Lipinski definition) is 0. The molecule has 0 spiro atoms. The van der Waals surface area contributed by atoms with Crippen LogP contribution in [-0.4, -0.2) is 38.4 Å². The molecule has 1 aliphatic carbocycles. The minimum Gasteiger partial charge on any atom is -0.494 e. The van der Waals surface area contributed by atoms with Gasteiger partial charge < -0.3 is 18.9 Å². The Kier molecular flexibility index (Phi) is 12.2. The number of carbonyl (C=O) groups excluding carboxylic acids is 2. The van der Waals surface area contributed by atoms with Gasteiger partial charge in [-0.1, -0.05) is 68.6 Å². The van der Waals surface area contributed by atoms with Crippen LogP contribution in [0.4, 0.5) is 0 Å². The molecule has 0 radical (unpaired) electrons. The van der Waals surface area contributed by atoms with Crippen LogP contribution in [0.25, 0.3) is 33.4 Å². The summed E-state index contributed by atoms with van der Waals surface area (Å²) in [7, 11) is 0. The Labute approximate surface area is 284 Å². The molecular formula is C42H44O6. The smallest absolute Gasteiger partial charge is 0.330 e. The zero-order valence-corrected chi connectivity index (χ0v) is 27.7. The van der Waals surface area contributed by atoms with Gasteiger partial charge in [-0.3, -0.25) is 0 Å². The lowest BCUT2D eigenvalue weighted by Gasteiger charge is -2.11. The molecule has 6 heteroatoms. The summed E-state index contributed by atoms with van der Waals surface area (Å²) in [6, 6.07) is 30.2. The summed E-state index contributed by atoms with van der Waals surface area (Å²) in [5, 5.41) is 0. The first-order chi connectivity index (χ1) is 23.5. The van der Waals surface area contributed by atoms with Crippen LogP contribution in [0.3, 0.4) is 0 Å². The second-order valence-electron chi connectivity index (χ2n) is 11.9. The summed E-state index contributed by atoms with van der Waals surface area (Å²) in [6.07, 6.45) is 7.67. The number of fused-ring (bicyclic) bond motifs is 3. The molecule has 1 aliphatic rings. The lowest BCUT2D eigenvalue weighted by Crippen LogP contribution is -2.03. The van der Waals surface area contributed by atoms with E-state index >= 15 is 0 Å². The topological polar surface area (TPSA) is 71.1 Å². The van der Waals surface area contributed by atoms with Gasteiger partial charge in [-0.05, 0) is 119 Å². The third-order valence-electron chi connectivity index (χ3n) is 8.64. The molecule has 0 amide bonds. The monoisotopic (exact) mass is 644 g/mol. The lowest BCUT2D eigenvalue weighted by molar-refractivity contribution is -0.138. The molecule has 0 saturated heterocycles. The van der Waals surface area contributed by atoms with E-state index in [9.17, 15) is 9.59 Å². The molecular weight excluding hydrogens is 600 g/mol.